The second-order valence-corrected chi connectivity index (χ2v) is 4.73. The van der Waals surface area contributed by atoms with Gasteiger partial charge in [0.15, 0.2) is 11.5 Å². The molecule has 2 aromatic carbocycles. The number of rotatable bonds is 5. The molecule has 23 heavy (non-hydrogen) atoms. The van der Waals surface area contributed by atoms with Crippen molar-refractivity contribution in [3.05, 3.63) is 52.8 Å². The van der Waals surface area contributed by atoms with Crippen LogP contribution in [0.15, 0.2) is 36.4 Å². The molecule has 0 saturated heterocycles. The van der Waals surface area contributed by atoms with Crippen LogP contribution in [0, 0.1) is 5.82 Å². The molecule has 1 N–H and O–H groups in total. The summed E-state index contributed by atoms with van der Waals surface area (Å²) in [4.78, 5) is 12.1. The minimum atomic E-state index is -3.01. The molecule has 0 spiro atoms. The van der Waals surface area contributed by atoms with Gasteiger partial charge < -0.3 is 14.8 Å². The van der Waals surface area contributed by atoms with Crippen molar-refractivity contribution in [2.75, 3.05) is 12.4 Å². The van der Waals surface area contributed by atoms with Gasteiger partial charge in [0.1, 0.15) is 5.82 Å². The van der Waals surface area contributed by atoms with Crippen LogP contribution in [0.4, 0.5) is 18.9 Å². The van der Waals surface area contributed by atoms with Crippen molar-refractivity contribution in [3.63, 3.8) is 0 Å². The van der Waals surface area contributed by atoms with Crippen molar-refractivity contribution in [3.8, 4) is 11.5 Å². The summed E-state index contributed by atoms with van der Waals surface area (Å²) in [7, 11) is 1.26. The van der Waals surface area contributed by atoms with Crippen LogP contribution in [0.1, 0.15) is 10.4 Å². The van der Waals surface area contributed by atoms with Gasteiger partial charge in [-0.3, -0.25) is 4.79 Å². The maximum absolute atomic E-state index is 13.0. The summed E-state index contributed by atoms with van der Waals surface area (Å²) in [5, 5.41) is 2.51. The smallest absolute Gasteiger partial charge is 0.387 e. The number of carbonyl (C=O) groups is 1. The number of amides is 1. The van der Waals surface area contributed by atoms with Gasteiger partial charge in [0.2, 0.25) is 0 Å². The lowest BCUT2D eigenvalue weighted by atomic mass is 10.2. The highest BCUT2D eigenvalue weighted by molar-refractivity contribution is 6.33. The zero-order valence-corrected chi connectivity index (χ0v) is 12.5. The molecule has 0 aromatic heterocycles. The standard InChI is InChI=1S/C15H11ClF3NO3/c1-22-13-6-8(2-5-12(13)23-15(18)19)14(21)20-11-4-3-9(17)7-10(11)16/h2-7,15H,1H3,(H,20,21). The molecule has 0 radical (unpaired) electrons. The third-order valence-corrected chi connectivity index (χ3v) is 3.13. The van der Waals surface area contributed by atoms with E-state index in [4.69, 9.17) is 16.3 Å². The summed E-state index contributed by atoms with van der Waals surface area (Å²) in [5.74, 6) is -1.33. The average Bonchev–Trinajstić information content (AvgIpc) is 2.49. The van der Waals surface area contributed by atoms with Crippen LogP contribution in [0.25, 0.3) is 0 Å². The van der Waals surface area contributed by atoms with Gasteiger partial charge in [-0.2, -0.15) is 8.78 Å². The van der Waals surface area contributed by atoms with Crippen molar-refractivity contribution in [1.82, 2.24) is 0 Å². The molecular formula is C15H11ClF3NO3. The Morgan fingerprint density at radius 1 is 1.17 bits per heavy atom. The second kappa shape index (κ2) is 7.23. The van der Waals surface area contributed by atoms with Crippen LogP contribution in [0.2, 0.25) is 5.02 Å². The van der Waals surface area contributed by atoms with E-state index in [2.05, 4.69) is 10.1 Å². The Kier molecular flexibility index (Phi) is 5.33. The van der Waals surface area contributed by atoms with Crippen LogP contribution in [-0.2, 0) is 0 Å². The summed E-state index contributed by atoms with van der Waals surface area (Å²) < 4.78 is 46.7. The van der Waals surface area contributed by atoms with Crippen LogP contribution in [0.3, 0.4) is 0 Å². The highest BCUT2D eigenvalue weighted by Crippen LogP contribution is 2.30. The largest absolute Gasteiger partial charge is 0.493 e. The molecule has 0 aliphatic rings. The van der Waals surface area contributed by atoms with E-state index < -0.39 is 18.3 Å². The molecule has 0 unspecified atom stereocenters. The van der Waals surface area contributed by atoms with Crippen LogP contribution in [0.5, 0.6) is 11.5 Å². The zero-order chi connectivity index (χ0) is 17.0. The van der Waals surface area contributed by atoms with E-state index in [-0.39, 0.29) is 27.8 Å². The Hall–Kier alpha value is -2.41. The molecule has 0 aliphatic carbocycles. The Labute approximate surface area is 134 Å². The summed E-state index contributed by atoms with van der Waals surface area (Å²) >= 11 is 5.82. The Bertz CT molecular complexity index is 725. The van der Waals surface area contributed by atoms with Crippen molar-refractivity contribution < 1.29 is 27.4 Å². The van der Waals surface area contributed by atoms with Gasteiger partial charge >= 0.3 is 6.61 Å². The first-order valence-corrected chi connectivity index (χ1v) is 6.67. The van der Waals surface area contributed by atoms with E-state index in [0.717, 1.165) is 12.1 Å². The fourth-order valence-electron chi connectivity index (χ4n) is 1.79. The average molecular weight is 346 g/mol. The lowest BCUT2D eigenvalue weighted by molar-refractivity contribution is -0.0512. The van der Waals surface area contributed by atoms with Gasteiger partial charge in [0.05, 0.1) is 17.8 Å². The summed E-state index contributed by atoms with van der Waals surface area (Å²) in [6, 6.07) is 7.21. The summed E-state index contributed by atoms with van der Waals surface area (Å²) in [5.41, 5.74) is 0.341. The quantitative estimate of drug-likeness (QED) is 0.876. The molecular weight excluding hydrogens is 335 g/mol. The number of alkyl halides is 2. The Morgan fingerprint density at radius 3 is 2.52 bits per heavy atom. The molecule has 4 nitrogen and oxygen atoms in total. The molecule has 0 fully saturated rings. The highest BCUT2D eigenvalue weighted by Gasteiger charge is 2.15. The van der Waals surface area contributed by atoms with Crippen molar-refractivity contribution in [1.29, 1.82) is 0 Å². The minimum absolute atomic E-state index is 0.0249. The molecule has 0 atom stereocenters. The van der Waals surface area contributed by atoms with Gasteiger partial charge in [0.25, 0.3) is 5.91 Å². The van der Waals surface area contributed by atoms with E-state index in [0.29, 0.717) is 0 Å². The van der Waals surface area contributed by atoms with Crippen LogP contribution < -0.4 is 14.8 Å². The monoisotopic (exact) mass is 345 g/mol. The number of methoxy groups -OCH3 is 1. The first-order valence-electron chi connectivity index (χ1n) is 6.30. The zero-order valence-electron chi connectivity index (χ0n) is 11.8. The van der Waals surface area contributed by atoms with Gasteiger partial charge in [-0.05, 0) is 36.4 Å². The van der Waals surface area contributed by atoms with E-state index in [1.54, 1.807) is 0 Å². The van der Waals surface area contributed by atoms with Crippen molar-refractivity contribution in [2.24, 2.45) is 0 Å². The third kappa shape index (κ3) is 4.29. The van der Waals surface area contributed by atoms with Crippen LogP contribution in [-0.4, -0.2) is 19.6 Å². The topological polar surface area (TPSA) is 47.6 Å². The number of anilines is 1. The molecule has 0 aliphatic heterocycles. The van der Waals surface area contributed by atoms with E-state index in [1.165, 1.54) is 31.4 Å². The number of hydrogen-bond donors (Lipinski definition) is 1. The first-order chi connectivity index (χ1) is 10.9. The van der Waals surface area contributed by atoms with Gasteiger partial charge in [-0.25, -0.2) is 4.39 Å². The number of hydrogen-bond acceptors (Lipinski definition) is 3. The number of benzene rings is 2. The second-order valence-electron chi connectivity index (χ2n) is 4.32. The fraction of sp³-hybridized carbons (Fsp3) is 0.133. The van der Waals surface area contributed by atoms with Gasteiger partial charge in [-0.1, -0.05) is 11.6 Å². The predicted molar refractivity (Wildman–Crippen MR) is 79.0 cm³/mol. The minimum Gasteiger partial charge on any atom is -0.493 e. The lowest BCUT2D eigenvalue weighted by Crippen LogP contribution is -2.13. The number of ether oxygens (including phenoxy) is 2. The normalized spacial score (nSPS) is 10.5. The molecule has 0 saturated carbocycles. The maximum atomic E-state index is 13.0. The Balaban J connectivity index is 2.22. The summed E-state index contributed by atoms with van der Waals surface area (Å²) in [6.45, 7) is -3.01. The van der Waals surface area contributed by atoms with Crippen molar-refractivity contribution >= 4 is 23.2 Å². The molecule has 0 heterocycles. The first kappa shape index (κ1) is 17.0. The van der Waals surface area contributed by atoms with Gasteiger partial charge in [0, 0.05) is 5.56 Å². The van der Waals surface area contributed by atoms with E-state index in [9.17, 15) is 18.0 Å². The lowest BCUT2D eigenvalue weighted by Gasteiger charge is -2.12. The highest BCUT2D eigenvalue weighted by atomic mass is 35.5. The fourth-order valence-corrected chi connectivity index (χ4v) is 2.00. The molecule has 1 amide bonds. The van der Waals surface area contributed by atoms with Crippen molar-refractivity contribution in [2.45, 2.75) is 6.61 Å². The predicted octanol–water partition coefficient (Wildman–Crippen LogP) is 4.34. The van der Waals surface area contributed by atoms with Crippen LogP contribution >= 0.6 is 11.6 Å². The molecule has 8 heteroatoms. The van der Waals surface area contributed by atoms with E-state index >= 15 is 0 Å². The van der Waals surface area contributed by atoms with Gasteiger partial charge in [-0.15, -0.1) is 0 Å². The Morgan fingerprint density at radius 2 is 1.91 bits per heavy atom. The molecule has 122 valence electrons. The third-order valence-electron chi connectivity index (χ3n) is 2.82. The maximum Gasteiger partial charge on any atom is 0.387 e. The summed E-state index contributed by atoms with van der Waals surface area (Å²) in [6.07, 6.45) is 0. The number of halogens is 4. The number of nitrogens with one attached hydrogen (secondary N) is 1. The molecule has 0 bridgehead atoms. The number of carbonyl (C=O) groups excluding carboxylic acids is 1. The SMILES string of the molecule is COc1cc(C(=O)Nc2ccc(F)cc2Cl)ccc1OC(F)F. The molecule has 2 rings (SSSR count). The molecule has 2 aromatic rings. The van der Waals surface area contributed by atoms with E-state index in [1.807, 2.05) is 0 Å².